The second-order valence-electron chi connectivity index (χ2n) is 7.00. The van der Waals surface area contributed by atoms with Crippen LogP contribution in [0.25, 0.3) is 22.2 Å². The largest absolute Gasteiger partial charge is 0.368 e. The number of H-pyrrole nitrogens is 1. The van der Waals surface area contributed by atoms with Crippen molar-refractivity contribution in [1.82, 2.24) is 4.98 Å². The van der Waals surface area contributed by atoms with Crippen LogP contribution >= 0.6 is 11.8 Å². The minimum Gasteiger partial charge on any atom is -0.368 e. The molecule has 1 aliphatic heterocycles. The van der Waals surface area contributed by atoms with Gasteiger partial charge in [-0.2, -0.15) is 5.26 Å². The van der Waals surface area contributed by atoms with Gasteiger partial charge in [0.1, 0.15) is 0 Å². The van der Waals surface area contributed by atoms with Crippen LogP contribution in [0.4, 0.5) is 10.1 Å². The lowest BCUT2D eigenvalue weighted by Gasteiger charge is -2.45. The van der Waals surface area contributed by atoms with E-state index in [1.807, 2.05) is 25.1 Å². The van der Waals surface area contributed by atoms with Gasteiger partial charge in [0.05, 0.1) is 17.2 Å². The van der Waals surface area contributed by atoms with Crippen LogP contribution in [0.3, 0.4) is 0 Å². The van der Waals surface area contributed by atoms with Crippen LogP contribution in [0.15, 0.2) is 47.4 Å². The average molecular weight is 365 g/mol. The Labute approximate surface area is 156 Å². The highest BCUT2D eigenvalue weighted by molar-refractivity contribution is 7.99. The highest BCUT2D eigenvalue weighted by Crippen LogP contribution is 2.42. The predicted octanol–water partition coefficient (Wildman–Crippen LogP) is 5.44. The first-order chi connectivity index (χ1) is 12.5. The Morgan fingerprint density at radius 1 is 1.27 bits per heavy atom. The number of fused-ring (bicyclic) bond motifs is 1. The Bertz CT molecular complexity index is 1010. The summed E-state index contributed by atoms with van der Waals surface area (Å²) in [4.78, 5) is 6.53. The smallest absolute Gasteiger partial charge is 0.156 e. The van der Waals surface area contributed by atoms with E-state index in [1.165, 1.54) is 0 Å². The molecule has 2 heterocycles. The number of aromatic nitrogens is 1. The van der Waals surface area contributed by atoms with Crippen molar-refractivity contribution in [2.24, 2.45) is 5.41 Å². The summed E-state index contributed by atoms with van der Waals surface area (Å²) < 4.78 is 15.1. The maximum atomic E-state index is 15.1. The Kier molecular flexibility index (Phi) is 4.16. The second kappa shape index (κ2) is 6.37. The van der Waals surface area contributed by atoms with Crippen molar-refractivity contribution >= 4 is 28.4 Å². The van der Waals surface area contributed by atoms with Crippen LogP contribution in [0.2, 0.25) is 0 Å². The number of anilines is 1. The summed E-state index contributed by atoms with van der Waals surface area (Å²) in [7, 11) is 0. The van der Waals surface area contributed by atoms with Crippen molar-refractivity contribution < 1.29 is 4.39 Å². The number of benzene rings is 2. The van der Waals surface area contributed by atoms with Gasteiger partial charge in [0.2, 0.25) is 0 Å². The van der Waals surface area contributed by atoms with Crippen LogP contribution in [0.1, 0.15) is 13.8 Å². The van der Waals surface area contributed by atoms with Gasteiger partial charge in [0.15, 0.2) is 5.82 Å². The normalized spacial score (nSPS) is 15.7. The van der Waals surface area contributed by atoms with Crippen LogP contribution < -0.4 is 4.90 Å². The monoisotopic (exact) mass is 365 g/mol. The van der Waals surface area contributed by atoms with Crippen molar-refractivity contribution in [1.29, 1.82) is 5.26 Å². The van der Waals surface area contributed by atoms with Crippen LogP contribution in [-0.4, -0.2) is 23.8 Å². The van der Waals surface area contributed by atoms with Crippen LogP contribution in [0, 0.1) is 22.6 Å². The lowest BCUT2D eigenvalue weighted by atomic mass is 9.83. The molecule has 0 amide bonds. The fourth-order valence-corrected chi connectivity index (χ4v) is 4.28. The minimum atomic E-state index is -0.326. The lowest BCUT2D eigenvalue weighted by Crippen LogP contribution is -2.54. The van der Waals surface area contributed by atoms with E-state index < -0.39 is 0 Å². The van der Waals surface area contributed by atoms with Gasteiger partial charge in [0, 0.05) is 40.1 Å². The van der Waals surface area contributed by atoms with E-state index in [0.717, 1.165) is 27.4 Å². The number of rotatable bonds is 4. The summed E-state index contributed by atoms with van der Waals surface area (Å²) in [5, 5.41) is 9.91. The summed E-state index contributed by atoms with van der Waals surface area (Å²) in [5.41, 5.74) is 2.82. The highest BCUT2D eigenvalue weighted by Gasteiger charge is 2.40. The molecule has 0 saturated carbocycles. The first kappa shape index (κ1) is 17.0. The highest BCUT2D eigenvalue weighted by atomic mass is 32.2. The van der Waals surface area contributed by atoms with Crippen LogP contribution in [-0.2, 0) is 0 Å². The zero-order chi connectivity index (χ0) is 18.3. The summed E-state index contributed by atoms with van der Waals surface area (Å²) in [5.74, 6) is 0.744. The van der Waals surface area contributed by atoms with Gasteiger partial charge < -0.3 is 9.88 Å². The van der Waals surface area contributed by atoms with Crippen molar-refractivity contribution in [3.05, 3.63) is 48.3 Å². The number of aromatic amines is 1. The van der Waals surface area contributed by atoms with E-state index in [4.69, 9.17) is 0 Å². The molecule has 4 rings (SSSR count). The molecule has 5 heteroatoms. The van der Waals surface area contributed by atoms with E-state index in [-0.39, 0.29) is 11.2 Å². The number of thioether (sulfide) groups is 1. The summed E-state index contributed by atoms with van der Waals surface area (Å²) in [6.07, 6.45) is 0. The van der Waals surface area contributed by atoms with E-state index in [9.17, 15) is 5.26 Å². The first-order valence-corrected chi connectivity index (χ1v) is 9.73. The topological polar surface area (TPSA) is 42.8 Å². The molecule has 0 aliphatic carbocycles. The Morgan fingerprint density at radius 2 is 2.04 bits per heavy atom. The second-order valence-corrected chi connectivity index (χ2v) is 8.34. The maximum Gasteiger partial charge on any atom is 0.156 e. The molecule has 0 unspecified atom stereocenters. The van der Waals surface area contributed by atoms with Crippen molar-refractivity contribution in [2.45, 2.75) is 18.7 Å². The fourth-order valence-electron chi connectivity index (χ4n) is 3.58. The van der Waals surface area contributed by atoms with E-state index in [2.05, 4.69) is 41.1 Å². The number of nitriles is 1. The predicted molar refractivity (Wildman–Crippen MR) is 106 cm³/mol. The van der Waals surface area contributed by atoms with Crippen molar-refractivity contribution in [3.8, 4) is 17.3 Å². The van der Waals surface area contributed by atoms with Gasteiger partial charge in [-0.25, -0.2) is 4.39 Å². The average Bonchev–Trinajstić information content (AvgIpc) is 2.96. The number of nitrogens with one attached hydrogen (secondary N) is 1. The molecular weight excluding hydrogens is 345 g/mol. The molecule has 26 heavy (non-hydrogen) atoms. The number of nitrogens with zero attached hydrogens (tertiary/aromatic N) is 2. The zero-order valence-corrected chi connectivity index (χ0v) is 15.7. The molecule has 0 bridgehead atoms. The van der Waals surface area contributed by atoms with Gasteiger partial charge in [0.25, 0.3) is 0 Å². The summed E-state index contributed by atoms with van der Waals surface area (Å²) in [6.45, 7) is 5.40. The molecule has 1 aromatic heterocycles. The standard InChI is InChI=1S/C21H20FN3S/c1-3-26-14-8-9-18(25-12-21(2,11-23)13-25)16(10-14)20-19(22)15-6-4-5-7-17(15)24-20/h4-10,24H,3,12-13H2,1-2H3. The number of halogens is 1. The molecule has 1 aliphatic rings. The summed E-state index contributed by atoms with van der Waals surface area (Å²) in [6, 6.07) is 16.0. The molecule has 0 spiro atoms. The van der Waals surface area contributed by atoms with Crippen molar-refractivity contribution in [3.63, 3.8) is 0 Å². The molecule has 1 saturated heterocycles. The summed E-state index contributed by atoms with van der Waals surface area (Å²) >= 11 is 1.74. The van der Waals surface area contributed by atoms with Gasteiger partial charge >= 0.3 is 0 Å². The minimum absolute atomic E-state index is 0.218. The van der Waals surface area contributed by atoms with Crippen molar-refractivity contribution in [2.75, 3.05) is 23.7 Å². The molecule has 0 atom stereocenters. The molecule has 132 valence electrons. The molecule has 3 nitrogen and oxygen atoms in total. The maximum absolute atomic E-state index is 15.1. The quantitative estimate of drug-likeness (QED) is 0.626. The number of para-hydroxylation sites is 1. The van der Waals surface area contributed by atoms with Gasteiger partial charge in [-0.05, 0) is 43.0 Å². The molecule has 3 aromatic rings. The number of hydrogen-bond donors (Lipinski definition) is 1. The Morgan fingerprint density at radius 3 is 2.73 bits per heavy atom. The van der Waals surface area contributed by atoms with Gasteiger partial charge in [-0.1, -0.05) is 19.1 Å². The van der Waals surface area contributed by atoms with Gasteiger partial charge in [-0.15, -0.1) is 11.8 Å². The third-order valence-corrected chi connectivity index (χ3v) is 5.76. The molecule has 1 fully saturated rings. The Balaban J connectivity index is 1.83. The fraction of sp³-hybridized carbons (Fsp3) is 0.286. The zero-order valence-electron chi connectivity index (χ0n) is 14.8. The lowest BCUT2D eigenvalue weighted by molar-refractivity contribution is 0.337. The molecule has 0 radical (unpaired) electrons. The molecule has 2 aromatic carbocycles. The SMILES string of the molecule is CCSc1ccc(N2CC(C)(C#N)C2)c(-c2[nH]c3ccccc3c2F)c1. The number of hydrogen-bond acceptors (Lipinski definition) is 3. The Hall–Kier alpha value is -2.45. The van der Waals surface area contributed by atoms with E-state index >= 15 is 4.39 Å². The molecule has 1 N–H and O–H groups in total. The molecular formula is C21H20FN3S. The first-order valence-electron chi connectivity index (χ1n) is 8.74. The third-order valence-electron chi connectivity index (χ3n) is 4.88. The third kappa shape index (κ3) is 2.75. The van der Waals surface area contributed by atoms with E-state index in [0.29, 0.717) is 24.2 Å². The van der Waals surface area contributed by atoms with Crippen LogP contribution in [0.5, 0.6) is 0 Å². The van der Waals surface area contributed by atoms with E-state index in [1.54, 1.807) is 17.8 Å². The van der Waals surface area contributed by atoms with Gasteiger partial charge in [-0.3, -0.25) is 0 Å².